The average Bonchev–Trinajstić information content (AvgIpc) is 2.63. The van der Waals surface area contributed by atoms with E-state index in [1.54, 1.807) is 19.4 Å². The summed E-state index contributed by atoms with van der Waals surface area (Å²) in [7, 11) is 1.64. The second-order valence-electron chi connectivity index (χ2n) is 6.52. The molecule has 5 nitrogen and oxygen atoms in total. The minimum absolute atomic E-state index is 0.172. The smallest absolute Gasteiger partial charge is 0.272 e. The fourth-order valence-electron chi connectivity index (χ4n) is 2.41. The van der Waals surface area contributed by atoms with Gasteiger partial charge in [-0.15, -0.1) is 18.2 Å². The summed E-state index contributed by atoms with van der Waals surface area (Å²) in [5.74, 6) is 2.99. The molecule has 0 aliphatic heterocycles. The Morgan fingerprint density at radius 2 is 2.19 bits per heavy atom. The maximum Gasteiger partial charge on any atom is 0.272 e. The number of hydrogen-bond donors (Lipinski definition) is 1. The number of pyridine rings is 1. The first-order chi connectivity index (χ1) is 12.4. The largest absolute Gasteiger partial charge is 0.470 e. The molecule has 0 saturated heterocycles. The molecule has 0 aliphatic rings. The van der Waals surface area contributed by atoms with Gasteiger partial charge in [0.05, 0.1) is 5.52 Å². The second kappa shape index (κ2) is 8.93. The van der Waals surface area contributed by atoms with E-state index in [4.69, 9.17) is 15.9 Å². The fourth-order valence-corrected chi connectivity index (χ4v) is 2.89. The first-order valence-electron chi connectivity index (χ1n) is 8.25. The summed E-state index contributed by atoms with van der Waals surface area (Å²) in [6, 6.07) is 7.37. The summed E-state index contributed by atoms with van der Waals surface area (Å²) in [5, 5.41) is 3.89. The Labute approximate surface area is 158 Å². The molecule has 0 bridgehead atoms. The Kier molecular flexibility index (Phi) is 6.90. The molecule has 0 saturated carbocycles. The normalized spacial score (nSPS) is 12.4. The molecule has 6 heteroatoms. The van der Waals surface area contributed by atoms with Crippen molar-refractivity contribution < 1.29 is 14.3 Å². The van der Waals surface area contributed by atoms with Crippen LogP contribution in [0.3, 0.4) is 0 Å². The third-order valence-corrected chi connectivity index (χ3v) is 4.62. The number of aromatic nitrogens is 1. The fraction of sp³-hybridized carbons (Fsp3) is 0.400. The molecule has 0 fully saturated rings. The summed E-state index contributed by atoms with van der Waals surface area (Å²) in [4.78, 5) is 16.9. The monoisotopic (exact) mass is 372 g/mol. The van der Waals surface area contributed by atoms with Gasteiger partial charge in [0.1, 0.15) is 5.75 Å². The number of amides is 1. The number of terminal acetylenes is 1. The van der Waals surface area contributed by atoms with Crippen molar-refractivity contribution >= 4 is 28.6 Å². The van der Waals surface area contributed by atoms with Crippen molar-refractivity contribution in [3.05, 3.63) is 36.0 Å². The lowest BCUT2D eigenvalue weighted by molar-refractivity contribution is -0.126. The van der Waals surface area contributed by atoms with Gasteiger partial charge in [-0.3, -0.25) is 9.78 Å². The molecule has 0 aliphatic carbocycles. The van der Waals surface area contributed by atoms with Crippen LogP contribution in [-0.4, -0.2) is 41.8 Å². The van der Waals surface area contributed by atoms with Crippen LogP contribution in [0.25, 0.3) is 10.9 Å². The Bertz CT molecular complexity index is 814. The first-order valence-corrected chi connectivity index (χ1v) is 9.54. The van der Waals surface area contributed by atoms with Crippen molar-refractivity contribution in [1.82, 2.24) is 10.3 Å². The summed E-state index contributed by atoms with van der Waals surface area (Å²) < 4.78 is 11.0. The van der Waals surface area contributed by atoms with Gasteiger partial charge in [-0.25, -0.2) is 0 Å². The van der Waals surface area contributed by atoms with Gasteiger partial charge in [0.2, 0.25) is 5.44 Å². The van der Waals surface area contributed by atoms with Crippen LogP contribution in [0.5, 0.6) is 5.75 Å². The number of thioether (sulfide) groups is 1. The van der Waals surface area contributed by atoms with Crippen molar-refractivity contribution in [1.29, 1.82) is 0 Å². The quantitative estimate of drug-likeness (QED) is 0.569. The van der Waals surface area contributed by atoms with Gasteiger partial charge in [-0.2, -0.15) is 0 Å². The Morgan fingerprint density at radius 1 is 1.42 bits per heavy atom. The van der Waals surface area contributed by atoms with Crippen LogP contribution in [0.15, 0.2) is 30.5 Å². The van der Waals surface area contributed by atoms with Gasteiger partial charge in [0.15, 0.2) is 0 Å². The predicted molar refractivity (Wildman–Crippen MR) is 106 cm³/mol. The topological polar surface area (TPSA) is 60.5 Å². The van der Waals surface area contributed by atoms with Gasteiger partial charge >= 0.3 is 0 Å². The molecule has 1 N–H and O–H groups in total. The number of nitrogens with one attached hydrogen (secondary N) is 1. The van der Waals surface area contributed by atoms with E-state index in [2.05, 4.69) is 16.2 Å². The SMILES string of the molecule is C#Cc1cnc2ccc(OC(SC)C(=O)NC(C)(C)CCOC)cc2c1. The van der Waals surface area contributed by atoms with Gasteiger partial charge in [0.25, 0.3) is 5.91 Å². The van der Waals surface area contributed by atoms with Gasteiger partial charge < -0.3 is 14.8 Å². The molecule has 1 aromatic carbocycles. The highest BCUT2D eigenvalue weighted by Crippen LogP contribution is 2.23. The summed E-state index contributed by atoms with van der Waals surface area (Å²) >= 11 is 1.34. The van der Waals surface area contributed by atoms with E-state index >= 15 is 0 Å². The zero-order chi connectivity index (χ0) is 19.2. The lowest BCUT2D eigenvalue weighted by Crippen LogP contribution is -2.49. The number of carbonyl (C=O) groups excluding carboxylic acids is 1. The van der Waals surface area contributed by atoms with Crippen molar-refractivity contribution in [2.24, 2.45) is 0 Å². The minimum atomic E-state index is -0.655. The predicted octanol–water partition coefficient (Wildman–Crippen LogP) is 3.22. The van der Waals surface area contributed by atoms with Crippen LogP contribution < -0.4 is 10.1 Å². The number of fused-ring (bicyclic) bond motifs is 1. The highest BCUT2D eigenvalue weighted by Gasteiger charge is 2.26. The lowest BCUT2D eigenvalue weighted by Gasteiger charge is -2.28. The van der Waals surface area contributed by atoms with E-state index in [1.807, 2.05) is 38.3 Å². The number of hydrogen-bond acceptors (Lipinski definition) is 5. The number of ether oxygens (including phenoxy) is 2. The molecule has 1 atom stereocenters. The number of nitrogens with zero attached hydrogens (tertiary/aromatic N) is 1. The van der Waals surface area contributed by atoms with Crippen LogP contribution in [-0.2, 0) is 9.53 Å². The van der Waals surface area contributed by atoms with Gasteiger partial charge in [-0.1, -0.05) is 5.92 Å². The van der Waals surface area contributed by atoms with E-state index in [9.17, 15) is 4.79 Å². The van der Waals surface area contributed by atoms with E-state index in [1.165, 1.54) is 11.8 Å². The zero-order valence-corrected chi connectivity index (χ0v) is 16.4. The van der Waals surface area contributed by atoms with E-state index in [-0.39, 0.29) is 11.4 Å². The van der Waals surface area contributed by atoms with Crippen LogP contribution in [0.2, 0.25) is 0 Å². The van der Waals surface area contributed by atoms with Crippen molar-refractivity contribution in [3.8, 4) is 18.1 Å². The van der Waals surface area contributed by atoms with Gasteiger partial charge in [0, 0.05) is 36.4 Å². The standard InChI is InChI=1S/C20H24N2O3S/c1-6-14-11-15-12-16(7-8-17(15)21-13-14)25-19(26-5)18(23)22-20(2,3)9-10-24-4/h1,7-8,11-13,19H,9-10H2,2-5H3,(H,22,23). The first kappa shape index (κ1) is 20.1. The molecule has 2 rings (SSSR count). The molecule has 138 valence electrons. The molecule has 0 spiro atoms. The number of methoxy groups -OCH3 is 1. The maximum atomic E-state index is 12.6. The summed E-state index contributed by atoms with van der Waals surface area (Å²) in [6.45, 7) is 4.50. The molecule has 1 aromatic heterocycles. The molecule has 0 radical (unpaired) electrons. The highest BCUT2D eigenvalue weighted by molar-refractivity contribution is 7.99. The van der Waals surface area contributed by atoms with E-state index in [0.29, 0.717) is 24.3 Å². The average molecular weight is 372 g/mol. The van der Waals surface area contributed by atoms with Crippen molar-refractivity contribution in [2.45, 2.75) is 31.2 Å². The second-order valence-corrected chi connectivity index (χ2v) is 7.42. The van der Waals surface area contributed by atoms with E-state index < -0.39 is 5.44 Å². The molecule has 2 aromatic rings. The Hall–Kier alpha value is -2.23. The highest BCUT2D eigenvalue weighted by atomic mass is 32.2. The third-order valence-electron chi connectivity index (χ3n) is 3.88. The van der Waals surface area contributed by atoms with Crippen LogP contribution in [0, 0.1) is 12.3 Å². The molecule has 1 unspecified atom stereocenters. The van der Waals surface area contributed by atoms with E-state index in [0.717, 1.165) is 10.9 Å². The van der Waals surface area contributed by atoms with Crippen molar-refractivity contribution in [3.63, 3.8) is 0 Å². The molecule has 26 heavy (non-hydrogen) atoms. The molecular weight excluding hydrogens is 348 g/mol. The number of carbonyl (C=O) groups is 1. The molecule has 1 amide bonds. The van der Waals surface area contributed by atoms with Crippen molar-refractivity contribution in [2.75, 3.05) is 20.0 Å². The Balaban J connectivity index is 2.12. The van der Waals surface area contributed by atoms with Crippen LogP contribution in [0.4, 0.5) is 0 Å². The number of benzene rings is 1. The zero-order valence-electron chi connectivity index (χ0n) is 15.5. The summed E-state index contributed by atoms with van der Waals surface area (Å²) in [6.07, 6.45) is 9.64. The molecule has 1 heterocycles. The van der Waals surface area contributed by atoms with Crippen LogP contribution >= 0.6 is 11.8 Å². The molecular formula is C20H24N2O3S. The Morgan fingerprint density at radius 3 is 2.85 bits per heavy atom. The minimum Gasteiger partial charge on any atom is -0.470 e. The van der Waals surface area contributed by atoms with Crippen LogP contribution in [0.1, 0.15) is 25.8 Å². The number of rotatable bonds is 8. The summed E-state index contributed by atoms with van der Waals surface area (Å²) in [5.41, 5.74) is 0.494. The lowest BCUT2D eigenvalue weighted by atomic mass is 10.0. The van der Waals surface area contributed by atoms with Gasteiger partial charge in [-0.05, 0) is 50.8 Å². The third kappa shape index (κ3) is 5.38. The maximum absolute atomic E-state index is 12.6.